The number of carbonyl (C=O) groups excluding carboxylic acids is 2. The second-order valence-corrected chi connectivity index (χ2v) is 8.26. The maximum atomic E-state index is 12.6. The van der Waals surface area contributed by atoms with E-state index in [2.05, 4.69) is 11.9 Å². The number of carbonyl (C=O) groups is 2. The molecule has 2 aliphatic rings. The molecular formula is C20H29N3O3. The average Bonchev–Trinajstić information content (AvgIpc) is 3.01. The molecule has 2 amide bonds. The van der Waals surface area contributed by atoms with Gasteiger partial charge in [-0.15, -0.1) is 0 Å². The fourth-order valence-corrected chi connectivity index (χ4v) is 3.51. The lowest BCUT2D eigenvalue weighted by Gasteiger charge is -2.45. The molecule has 142 valence electrons. The molecule has 0 aromatic heterocycles. The molecule has 0 saturated carbocycles. The van der Waals surface area contributed by atoms with Gasteiger partial charge < -0.3 is 14.5 Å². The number of ether oxygens (including phenoxy) is 1. The molecule has 2 heterocycles. The predicted octanol–water partition coefficient (Wildman–Crippen LogP) is 2.45. The summed E-state index contributed by atoms with van der Waals surface area (Å²) in [7, 11) is 2.10. The van der Waals surface area contributed by atoms with Gasteiger partial charge in [0.05, 0.1) is 0 Å². The van der Waals surface area contributed by atoms with Crippen molar-refractivity contribution < 1.29 is 14.3 Å². The molecule has 2 aliphatic heterocycles. The Kier molecular flexibility index (Phi) is 5.23. The number of hydrogen-bond acceptors (Lipinski definition) is 4. The molecule has 2 saturated heterocycles. The minimum absolute atomic E-state index is 0.102. The fourth-order valence-electron chi connectivity index (χ4n) is 3.51. The van der Waals surface area contributed by atoms with Crippen LogP contribution in [0.2, 0.25) is 0 Å². The van der Waals surface area contributed by atoms with Crippen LogP contribution in [0.5, 0.6) is 0 Å². The van der Waals surface area contributed by atoms with Crippen LogP contribution in [0.1, 0.15) is 37.6 Å². The monoisotopic (exact) mass is 359 g/mol. The van der Waals surface area contributed by atoms with Gasteiger partial charge in [-0.1, -0.05) is 18.2 Å². The van der Waals surface area contributed by atoms with E-state index in [0.717, 1.165) is 25.1 Å². The molecular weight excluding hydrogens is 330 g/mol. The molecule has 1 aromatic carbocycles. The smallest absolute Gasteiger partial charge is 0.410 e. The van der Waals surface area contributed by atoms with Gasteiger partial charge in [-0.3, -0.25) is 9.69 Å². The topological polar surface area (TPSA) is 53.1 Å². The molecule has 1 aromatic rings. The summed E-state index contributed by atoms with van der Waals surface area (Å²) >= 11 is 0. The zero-order valence-electron chi connectivity index (χ0n) is 16.1. The van der Waals surface area contributed by atoms with Gasteiger partial charge in [0.1, 0.15) is 5.60 Å². The van der Waals surface area contributed by atoms with Crippen molar-refractivity contribution in [1.82, 2.24) is 14.7 Å². The van der Waals surface area contributed by atoms with Crippen molar-refractivity contribution in [1.29, 1.82) is 0 Å². The lowest BCUT2D eigenvalue weighted by molar-refractivity contribution is -0.0172. The van der Waals surface area contributed by atoms with Crippen molar-refractivity contribution >= 4 is 12.0 Å². The zero-order valence-corrected chi connectivity index (χ0v) is 16.1. The van der Waals surface area contributed by atoms with Crippen LogP contribution in [0.4, 0.5) is 4.79 Å². The second-order valence-electron chi connectivity index (χ2n) is 8.26. The van der Waals surface area contributed by atoms with Gasteiger partial charge in [0, 0.05) is 43.8 Å². The standard InChI is InChI=1S/C20H29N3O3/c1-20(2,3)26-19(25)23-13-17(14-23)21(4)16-10-11-22(12-16)18(24)15-8-6-5-7-9-15/h5-9,16-17H,10-14H2,1-4H3. The normalized spacial score (nSPS) is 21.0. The molecule has 26 heavy (non-hydrogen) atoms. The second kappa shape index (κ2) is 7.27. The van der Waals surface area contributed by atoms with Crippen molar-refractivity contribution in [3.63, 3.8) is 0 Å². The Morgan fingerprint density at radius 1 is 1.04 bits per heavy atom. The third-order valence-corrected chi connectivity index (χ3v) is 5.14. The van der Waals surface area contributed by atoms with Gasteiger partial charge >= 0.3 is 6.09 Å². The Morgan fingerprint density at radius 3 is 2.27 bits per heavy atom. The molecule has 6 heteroatoms. The van der Waals surface area contributed by atoms with Crippen LogP contribution in [0.3, 0.4) is 0 Å². The van der Waals surface area contributed by atoms with Crippen molar-refractivity contribution in [2.45, 2.75) is 44.9 Å². The van der Waals surface area contributed by atoms with E-state index >= 15 is 0 Å². The number of rotatable bonds is 3. The quantitative estimate of drug-likeness (QED) is 0.832. The maximum Gasteiger partial charge on any atom is 0.410 e. The third kappa shape index (κ3) is 4.18. The molecule has 2 fully saturated rings. The van der Waals surface area contributed by atoms with Crippen LogP contribution in [-0.4, -0.2) is 77.6 Å². The van der Waals surface area contributed by atoms with Crippen LogP contribution in [0, 0.1) is 0 Å². The lowest BCUT2D eigenvalue weighted by atomic mass is 10.1. The van der Waals surface area contributed by atoms with Crippen LogP contribution >= 0.6 is 0 Å². The number of benzene rings is 1. The average molecular weight is 359 g/mol. The fraction of sp³-hybridized carbons (Fsp3) is 0.600. The molecule has 0 bridgehead atoms. The molecule has 3 rings (SSSR count). The summed E-state index contributed by atoms with van der Waals surface area (Å²) in [5.41, 5.74) is 0.285. The molecule has 0 spiro atoms. The highest BCUT2D eigenvalue weighted by Crippen LogP contribution is 2.24. The summed E-state index contributed by atoms with van der Waals surface area (Å²) < 4.78 is 5.41. The summed E-state index contributed by atoms with van der Waals surface area (Å²) in [5.74, 6) is 0.102. The van der Waals surface area contributed by atoms with E-state index in [4.69, 9.17) is 4.74 Å². The van der Waals surface area contributed by atoms with E-state index in [9.17, 15) is 9.59 Å². The Hall–Kier alpha value is -2.08. The summed E-state index contributed by atoms with van der Waals surface area (Å²) in [5, 5.41) is 0. The van der Waals surface area contributed by atoms with E-state index in [1.54, 1.807) is 4.90 Å². The largest absolute Gasteiger partial charge is 0.444 e. The number of likely N-dealkylation sites (tertiary alicyclic amines) is 2. The summed E-state index contributed by atoms with van der Waals surface area (Å²) in [6, 6.07) is 10.1. The highest BCUT2D eigenvalue weighted by Gasteiger charge is 2.40. The minimum atomic E-state index is -0.460. The minimum Gasteiger partial charge on any atom is -0.444 e. The Morgan fingerprint density at radius 2 is 1.65 bits per heavy atom. The highest BCUT2D eigenvalue weighted by molar-refractivity contribution is 5.94. The van der Waals surface area contributed by atoms with Crippen molar-refractivity contribution in [2.24, 2.45) is 0 Å². The van der Waals surface area contributed by atoms with Gasteiger partial charge in [-0.05, 0) is 46.4 Å². The van der Waals surface area contributed by atoms with Gasteiger partial charge in [0.25, 0.3) is 5.91 Å². The number of hydrogen-bond donors (Lipinski definition) is 0. The molecule has 6 nitrogen and oxygen atoms in total. The van der Waals surface area contributed by atoms with Crippen molar-refractivity contribution in [2.75, 3.05) is 33.2 Å². The van der Waals surface area contributed by atoms with Crippen LogP contribution in [-0.2, 0) is 4.74 Å². The SMILES string of the molecule is CN(C1CN(C(=O)OC(C)(C)C)C1)C1CCN(C(=O)c2ccccc2)C1. The van der Waals surface area contributed by atoms with Gasteiger partial charge in [0.2, 0.25) is 0 Å². The molecule has 0 radical (unpaired) electrons. The third-order valence-electron chi connectivity index (χ3n) is 5.14. The van der Waals surface area contributed by atoms with Crippen LogP contribution < -0.4 is 0 Å². The first-order valence-corrected chi connectivity index (χ1v) is 9.29. The summed E-state index contributed by atoms with van der Waals surface area (Å²) in [6.45, 7) is 8.54. The number of nitrogens with zero attached hydrogens (tertiary/aromatic N) is 3. The Bertz CT molecular complexity index is 650. The van der Waals surface area contributed by atoms with Crippen LogP contribution in [0.25, 0.3) is 0 Å². The number of likely N-dealkylation sites (N-methyl/N-ethyl adjacent to an activating group) is 1. The molecule has 0 aliphatic carbocycles. The first kappa shape index (κ1) is 18.7. The summed E-state index contributed by atoms with van der Waals surface area (Å²) in [6.07, 6.45) is 0.729. The van der Waals surface area contributed by atoms with E-state index < -0.39 is 5.60 Å². The predicted molar refractivity (Wildman–Crippen MR) is 100 cm³/mol. The van der Waals surface area contributed by atoms with Crippen molar-refractivity contribution in [3.8, 4) is 0 Å². The first-order chi connectivity index (χ1) is 12.2. The highest BCUT2D eigenvalue weighted by atomic mass is 16.6. The Balaban J connectivity index is 1.48. The van der Waals surface area contributed by atoms with E-state index in [0.29, 0.717) is 25.2 Å². The maximum absolute atomic E-state index is 12.6. The van der Waals surface area contributed by atoms with E-state index in [-0.39, 0.29) is 12.0 Å². The van der Waals surface area contributed by atoms with E-state index in [1.165, 1.54) is 0 Å². The molecule has 1 atom stereocenters. The Labute approximate surface area is 155 Å². The molecule has 0 N–H and O–H groups in total. The molecule has 1 unspecified atom stereocenters. The van der Waals surface area contributed by atoms with Gasteiger partial charge in [-0.2, -0.15) is 0 Å². The first-order valence-electron chi connectivity index (χ1n) is 9.29. The lowest BCUT2D eigenvalue weighted by Crippen LogP contribution is -2.62. The van der Waals surface area contributed by atoms with Gasteiger partial charge in [-0.25, -0.2) is 4.79 Å². The van der Waals surface area contributed by atoms with Gasteiger partial charge in [0.15, 0.2) is 0 Å². The number of amides is 2. The summed E-state index contributed by atoms with van der Waals surface area (Å²) in [4.78, 5) is 30.6. The van der Waals surface area contributed by atoms with Crippen LogP contribution in [0.15, 0.2) is 30.3 Å². The zero-order chi connectivity index (χ0) is 18.9. The van der Waals surface area contributed by atoms with Crippen molar-refractivity contribution in [3.05, 3.63) is 35.9 Å². The van der Waals surface area contributed by atoms with E-state index in [1.807, 2.05) is 56.0 Å².